The van der Waals surface area contributed by atoms with Gasteiger partial charge in [0.25, 0.3) is 0 Å². The first-order valence-electron chi connectivity index (χ1n) is 7.10. The van der Waals surface area contributed by atoms with Crippen molar-refractivity contribution in [3.05, 3.63) is 63.6 Å². The number of benzene rings is 2. The van der Waals surface area contributed by atoms with Gasteiger partial charge in [0.05, 0.1) is 0 Å². The molecule has 0 amide bonds. The molecule has 0 aliphatic heterocycles. The van der Waals surface area contributed by atoms with E-state index in [2.05, 4.69) is 15.9 Å². The Morgan fingerprint density at radius 2 is 1.65 bits per heavy atom. The number of Topliss-reactive ketones (excluding diaryl/α,β-unsaturated/α-hetero) is 1. The maximum Gasteiger partial charge on any atom is 0.344 e. The van der Waals surface area contributed by atoms with E-state index in [-0.39, 0.29) is 19.0 Å². The average molecular weight is 377 g/mol. The molecule has 0 saturated heterocycles. The summed E-state index contributed by atoms with van der Waals surface area (Å²) >= 11 is 3.30. The molecule has 0 saturated carbocycles. The van der Waals surface area contributed by atoms with Crippen LogP contribution in [0, 0.1) is 13.8 Å². The fourth-order valence-electron chi connectivity index (χ4n) is 1.85. The number of rotatable bonds is 6. The number of aryl methyl sites for hydroxylation is 2. The summed E-state index contributed by atoms with van der Waals surface area (Å²) in [5.74, 6) is -0.227. The molecular weight excluding hydrogens is 360 g/mol. The number of ketones is 1. The zero-order chi connectivity index (χ0) is 16.8. The zero-order valence-corrected chi connectivity index (χ0v) is 14.6. The number of hydrogen-bond acceptors (Lipinski definition) is 4. The van der Waals surface area contributed by atoms with Crippen molar-refractivity contribution in [2.24, 2.45) is 0 Å². The van der Waals surface area contributed by atoms with Crippen molar-refractivity contribution in [2.45, 2.75) is 13.8 Å². The Bertz CT molecular complexity index is 707. The highest BCUT2D eigenvalue weighted by atomic mass is 79.9. The van der Waals surface area contributed by atoms with Crippen molar-refractivity contribution in [1.82, 2.24) is 0 Å². The predicted molar refractivity (Wildman–Crippen MR) is 90.8 cm³/mol. The van der Waals surface area contributed by atoms with E-state index in [1.54, 1.807) is 30.3 Å². The van der Waals surface area contributed by atoms with Crippen LogP contribution in [-0.4, -0.2) is 25.0 Å². The molecule has 0 aliphatic rings. The number of ether oxygens (including phenoxy) is 2. The zero-order valence-electron chi connectivity index (χ0n) is 13.0. The van der Waals surface area contributed by atoms with Crippen molar-refractivity contribution in [3.63, 3.8) is 0 Å². The molecule has 4 nitrogen and oxygen atoms in total. The third-order valence-corrected chi connectivity index (χ3v) is 3.89. The molecule has 2 aromatic rings. The second kappa shape index (κ2) is 7.92. The fourth-order valence-corrected chi connectivity index (χ4v) is 2.12. The summed E-state index contributed by atoms with van der Waals surface area (Å²) in [7, 11) is 0. The average Bonchev–Trinajstić information content (AvgIpc) is 2.54. The maximum absolute atomic E-state index is 11.9. The molecule has 23 heavy (non-hydrogen) atoms. The van der Waals surface area contributed by atoms with E-state index in [4.69, 9.17) is 9.47 Å². The van der Waals surface area contributed by atoms with Gasteiger partial charge in [0.1, 0.15) is 5.75 Å². The van der Waals surface area contributed by atoms with Crippen LogP contribution in [0.3, 0.4) is 0 Å². The van der Waals surface area contributed by atoms with Gasteiger partial charge in [-0.25, -0.2) is 4.79 Å². The van der Waals surface area contributed by atoms with Gasteiger partial charge in [-0.1, -0.05) is 34.1 Å². The van der Waals surface area contributed by atoms with Gasteiger partial charge in [0.15, 0.2) is 19.0 Å². The molecule has 0 N–H and O–H groups in total. The Morgan fingerprint density at radius 3 is 2.30 bits per heavy atom. The summed E-state index contributed by atoms with van der Waals surface area (Å²) < 4.78 is 11.2. The van der Waals surface area contributed by atoms with Gasteiger partial charge in [0.2, 0.25) is 0 Å². The van der Waals surface area contributed by atoms with Crippen molar-refractivity contribution in [3.8, 4) is 5.75 Å². The molecule has 5 heteroatoms. The summed E-state index contributed by atoms with van der Waals surface area (Å²) in [5, 5.41) is 0. The number of esters is 1. The van der Waals surface area contributed by atoms with E-state index in [1.807, 2.05) is 26.0 Å². The molecule has 0 fully saturated rings. The summed E-state index contributed by atoms with van der Waals surface area (Å²) in [5.41, 5.74) is 2.73. The van der Waals surface area contributed by atoms with Crippen LogP contribution in [0.15, 0.2) is 46.9 Å². The van der Waals surface area contributed by atoms with E-state index in [0.717, 1.165) is 15.6 Å². The van der Waals surface area contributed by atoms with Crippen molar-refractivity contribution in [2.75, 3.05) is 13.2 Å². The second-order valence-electron chi connectivity index (χ2n) is 5.13. The Balaban J connectivity index is 1.79. The quantitative estimate of drug-likeness (QED) is 0.567. The number of hydrogen-bond donors (Lipinski definition) is 0. The third-order valence-electron chi connectivity index (χ3n) is 3.37. The lowest BCUT2D eigenvalue weighted by atomic mass is 10.1. The van der Waals surface area contributed by atoms with Crippen LogP contribution in [0.5, 0.6) is 5.75 Å². The third kappa shape index (κ3) is 5.21. The maximum atomic E-state index is 11.9. The smallest absolute Gasteiger partial charge is 0.344 e. The summed E-state index contributed by atoms with van der Waals surface area (Å²) in [6.07, 6.45) is 0. The topological polar surface area (TPSA) is 52.6 Å². The van der Waals surface area contributed by atoms with Crippen LogP contribution >= 0.6 is 15.9 Å². The van der Waals surface area contributed by atoms with E-state index in [9.17, 15) is 9.59 Å². The number of carbonyl (C=O) groups is 2. The van der Waals surface area contributed by atoms with Crippen LogP contribution in [0.4, 0.5) is 0 Å². The van der Waals surface area contributed by atoms with Gasteiger partial charge in [-0.05, 0) is 49.2 Å². The first kappa shape index (κ1) is 17.2. The summed E-state index contributed by atoms with van der Waals surface area (Å²) in [4.78, 5) is 23.5. The van der Waals surface area contributed by atoms with Crippen LogP contribution in [0.2, 0.25) is 0 Å². The molecule has 0 atom stereocenters. The van der Waals surface area contributed by atoms with Crippen LogP contribution < -0.4 is 4.74 Å². The highest BCUT2D eigenvalue weighted by molar-refractivity contribution is 9.10. The Labute approximate surface area is 143 Å². The number of halogens is 1. The second-order valence-corrected chi connectivity index (χ2v) is 6.04. The highest BCUT2D eigenvalue weighted by Gasteiger charge is 2.10. The van der Waals surface area contributed by atoms with E-state index in [1.165, 1.54) is 0 Å². The molecule has 2 rings (SSSR count). The molecule has 0 spiro atoms. The van der Waals surface area contributed by atoms with Crippen molar-refractivity contribution in [1.29, 1.82) is 0 Å². The van der Waals surface area contributed by atoms with Gasteiger partial charge in [-0.15, -0.1) is 0 Å². The van der Waals surface area contributed by atoms with Crippen LogP contribution in [0.25, 0.3) is 0 Å². The molecule has 0 heterocycles. The monoisotopic (exact) mass is 376 g/mol. The number of carbonyl (C=O) groups excluding carboxylic acids is 2. The lowest BCUT2D eigenvalue weighted by Gasteiger charge is -2.08. The van der Waals surface area contributed by atoms with Gasteiger partial charge >= 0.3 is 5.97 Å². The molecule has 0 aromatic heterocycles. The van der Waals surface area contributed by atoms with E-state index >= 15 is 0 Å². The van der Waals surface area contributed by atoms with Gasteiger partial charge in [-0.2, -0.15) is 0 Å². The first-order chi connectivity index (χ1) is 11.0. The first-order valence-corrected chi connectivity index (χ1v) is 7.89. The normalized spacial score (nSPS) is 10.2. The lowest BCUT2D eigenvalue weighted by molar-refractivity contribution is -0.144. The summed E-state index contributed by atoms with van der Waals surface area (Å²) in [6, 6.07) is 12.4. The fraction of sp³-hybridized carbons (Fsp3) is 0.222. The van der Waals surface area contributed by atoms with Crippen molar-refractivity contribution >= 4 is 27.7 Å². The highest BCUT2D eigenvalue weighted by Crippen LogP contribution is 2.16. The molecule has 0 unspecified atom stereocenters. The largest absolute Gasteiger partial charge is 0.482 e. The SMILES string of the molecule is Cc1ccc(OCC(=O)OCC(=O)c2ccc(Br)cc2)cc1C. The Kier molecular flexibility index (Phi) is 5.93. The van der Waals surface area contributed by atoms with Crippen LogP contribution in [0.1, 0.15) is 21.5 Å². The molecule has 0 bridgehead atoms. The Hall–Kier alpha value is -2.14. The van der Waals surface area contributed by atoms with Gasteiger partial charge < -0.3 is 9.47 Å². The standard InChI is InChI=1S/C18H17BrO4/c1-12-3-8-16(9-13(12)2)22-11-18(21)23-10-17(20)14-4-6-15(19)7-5-14/h3-9H,10-11H2,1-2H3. The minimum absolute atomic E-state index is 0.226. The van der Waals surface area contributed by atoms with Crippen LogP contribution in [-0.2, 0) is 9.53 Å². The lowest BCUT2D eigenvalue weighted by Crippen LogP contribution is -2.19. The molecule has 120 valence electrons. The molecule has 0 radical (unpaired) electrons. The Morgan fingerprint density at radius 1 is 0.957 bits per heavy atom. The van der Waals surface area contributed by atoms with E-state index < -0.39 is 5.97 Å². The van der Waals surface area contributed by atoms with Crippen molar-refractivity contribution < 1.29 is 19.1 Å². The minimum atomic E-state index is -0.575. The predicted octanol–water partition coefficient (Wildman–Crippen LogP) is 3.87. The van der Waals surface area contributed by atoms with E-state index in [0.29, 0.717) is 11.3 Å². The van der Waals surface area contributed by atoms with Gasteiger partial charge in [-0.3, -0.25) is 4.79 Å². The molecule has 0 aliphatic carbocycles. The summed E-state index contributed by atoms with van der Waals surface area (Å²) in [6.45, 7) is 3.45. The molecular formula is C18H17BrO4. The molecule has 2 aromatic carbocycles. The minimum Gasteiger partial charge on any atom is -0.482 e. The van der Waals surface area contributed by atoms with Gasteiger partial charge in [0, 0.05) is 10.0 Å².